The molecule has 4 rings (SSSR count). The Morgan fingerprint density at radius 1 is 1.12 bits per heavy atom. The lowest BCUT2D eigenvalue weighted by Gasteiger charge is -2.38. The Morgan fingerprint density at radius 3 is 2.71 bits per heavy atom. The highest BCUT2D eigenvalue weighted by Gasteiger charge is 2.45. The van der Waals surface area contributed by atoms with E-state index >= 15 is 0 Å². The van der Waals surface area contributed by atoms with Crippen LogP contribution in [0.2, 0.25) is 0 Å². The van der Waals surface area contributed by atoms with Gasteiger partial charge in [-0.1, -0.05) is 0 Å². The number of fused-ring (bicyclic) bond motifs is 1. The minimum atomic E-state index is -0.616. The largest absolute Gasteiger partial charge is 0.374 e. The average molecular weight is 332 g/mol. The molecule has 3 aliphatic rings. The molecule has 0 spiro atoms. The zero-order valence-electron chi connectivity index (χ0n) is 13.5. The van der Waals surface area contributed by atoms with E-state index in [9.17, 15) is 14.0 Å². The van der Waals surface area contributed by atoms with E-state index in [2.05, 4.69) is 0 Å². The Bertz CT molecular complexity index is 648. The summed E-state index contributed by atoms with van der Waals surface area (Å²) < 4.78 is 18.8. The van der Waals surface area contributed by atoms with Gasteiger partial charge < -0.3 is 14.5 Å². The Morgan fingerprint density at radius 2 is 1.92 bits per heavy atom. The van der Waals surface area contributed by atoms with E-state index in [1.807, 2.05) is 4.90 Å². The second-order valence-electron chi connectivity index (χ2n) is 6.75. The van der Waals surface area contributed by atoms with Crippen LogP contribution < -0.4 is 4.90 Å². The highest BCUT2D eigenvalue weighted by atomic mass is 19.1. The summed E-state index contributed by atoms with van der Waals surface area (Å²) in [6, 6.07) is 5.97. The van der Waals surface area contributed by atoms with Gasteiger partial charge in [-0.25, -0.2) is 4.39 Å². The number of carbonyl (C=O) groups is 2. The van der Waals surface area contributed by atoms with Gasteiger partial charge in [0.15, 0.2) is 0 Å². The maximum Gasteiger partial charge on any atom is 0.239 e. The third-order valence-corrected chi connectivity index (χ3v) is 5.41. The lowest BCUT2D eigenvalue weighted by molar-refractivity contribution is -0.150. The van der Waals surface area contributed by atoms with Gasteiger partial charge in [0.1, 0.15) is 11.7 Å². The fourth-order valence-electron chi connectivity index (χ4n) is 4.19. The number of morpholine rings is 1. The van der Waals surface area contributed by atoms with Crippen molar-refractivity contribution in [3.05, 3.63) is 30.1 Å². The summed E-state index contributed by atoms with van der Waals surface area (Å²) in [6.07, 6.45) is 3.67. The normalized spacial score (nSPS) is 29.9. The number of benzene rings is 1. The molecule has 1 saturated carbocycles. The van der Waals surface area contributed by atoms with Crippen molar-refractivity contribution in [1.82, 2.24) is 4.90 Å². The molecule has 1 aliphatic carbocycles. The van der Waals surface area contributed by atoms with Gasteiger partial charge in [0, 0.05) is 18.8 Å². The van der Waals surface area contributed by atoms with Gasteiger partial charge in [-0.15, -0.1) is 0 Å². The quantitative estimate of drug-likeness (QED) is 0.778. The van der Waals surface area contributed by atoms with E-state index in [-0.39, 0.29) is 29.8 Å². The molecule has 128 valence electrons. The minimum absolute atomic E-state index is 0.0650. The first-order valence-corrected chi connectivity index (χ1v) is 8.64. The number of halogens is 1. The van der Waals surface area contributed by atoms with Crippen LogP contribution in [0.25, 0.3) is 0 Å². The monoisotopic (exact) mass is 332 g/mol. The van der Waals surface area contributed by atoms with Crippen LogP contribution in [0.1, 0.15) is 25.7 Å². The van der Waals surface area contributed by atoms with E-state index in [0.717, 1.165) is 19.3 Å². The Balaban J connectivity index is 1.49. The Hall–Kier alpha value is -1.95. The predicted molar refractivity (Wildman–Crippen MR) is 86.0 cm³/mol. The summed E-state index contributed by atoms with van der Waals surface area (Å²) >= 11 is 0. The number of rotatable bonds is 2. The van der Waals surface area contributed by atoms with E-state index in [1.165, 1.54) is 12.1 Å². The first-order valence-electron chi connectivity index (χ1n) is 8.64. The standard InChI is InChI=1S/C18H21FN2O3/c19-12-4-6-13(7-5-12)20-9-8-14(17(20)22)18(23)21-10-11-24-16-3-1-2-15(16)21/h4-7,14-16H,1-3,8-11H2/t14-,15-,16-/m1/s1. The number of ether oxygens (including phenoxy) is 1. The second kappa shape index (κ2) is 6.16. The SMILES string of the molecule is O=C1[C@H](C(=O)N2CCO[C@@H]3CCC[C@H]32)CCN1c1ccc(F)cc1. The third kappa shape index (κ3) is 2.59. The Kier molecular flexibility index (Phi) is 4.00. The second-order valence-corrected chi connectivity index (χ2v) is 6.75. The van der Waals surface area contributed by atoms with Gasteiger partial charge in [0.2, 0.25) is 11.8 Å². The van der Waals surface area contributed by atoms with Gasteiger partial charge in [0.25, 0.3) is 0 Å². The summed E-state index contributed by atoms with van der Waals surface area (Å²) in [4.78, 5) is 29.1. The van der Waals surface area contributed by atoms with Crippen LogP contribution in [-0.2, 0) is 14.3 Å². The third-order valence-electron chi connectivity index (χ3n) is 5.41. The molecule has 24 heavy (non-hydrogen) atoms. The van der Waals surface area contributed by atoms with Crippen LogP contribution in [0.15, 0.2) is 24.3 Å². The van der Waals surface area contributed by atoms with Crippen molar-refractivity contribution in [3.63, 3.8) is 0 Å². The van der Waals surface area contributed by atoms with Gasteiger partial charge in [-0.05, 0) is 49.9 Å². The summed E-state index contributed by atoms with van der Waals surface area (Å²) in [5.41, 5.74) is 0.650. The molecule has 2 saturated heterocycles. The van der Waals surface area contributed by atoms with Gasteiger partial charge >= 0.3 is 0 Å². The number of anilines is 1. The van der Waals surface area contributed by atoms with E-state index in [1.54, 1.807) is 17.0 Å². The number of carbonyl (C=O) groups excluding carboxylic acids is 2. The molecule has 1 aromatic carbocycles. The molecule has 3 atom stereocenters. The van der Waals surface area contributed by atoms with Crippen LogP contribution in [0.3, 0.4) is 0 Å². The molecule has 2 amide bonds. The van der Waals surface area contributed by atoms with Crippen molar-refractivity contribution in [2.45, 2.75) is 37.8 Å². The van der Waals surface area contributed by atoms with Crippen molar-refractivity contribution < 1.29 is 18.7 Å². The molecule has 6 heteroatoms. The van der Waals surface area contributed by atoms with Crippen molar-refractivity contribution in [2.75, 3.05) is 24.6 Å². The van der Waals surface area contributed by atoms with E-state index in [4.69, 9.17) is 4.74 Å². The number of hydrogen-bond acceptors (Lipinski definition) is 3. The van der Waals surface area contributed by atoms with Crippen LogP contribution in [0.5, 0.6) is 0 Å². The van der Waals surface area contributed by atoms with Gasteiger partial charge in [-0.2, -0.15) is 0 Å². The summed E-state index contributed by atoms with van der Waals surface area (Å²) in [6.45, 7) is 1.62. The highest BCUT2D eigenvalue weighted by molar-refractivity contribution is 6.09. The minimum Gasteiger partial charge on any atom is -0.374 e. The van der Waals surface area contributed by atoms with Crippen LogP contribution in [0.4, 0.5) is 10.1 Å². The van der Waals surface area contributed by atoms with Crippen LogP contribution in [0, 0.1) is 11.7 Å². The molecular weight excluding hydrogens is 311 g/mol. The maximum atomic E-state index is 13.1. The molecule has 0 N–H and O–H groups in total. The number of nitrogens with zero attached hydrogens (tertiary/aromatic N) is 2. The van der Waals surface area contributed by atoms with Crippen molar-refractivity contribution in [2.24, 2.45) is 5.92 Å². The lowest BCUT2D eigenvalue weighted by atomic mass is 10.0. The summed E-state index contributed by atoms with van der Waals surface area (Å²) in [7, 11) is 0. The summed E-state index contributed by atoms with van der Waals surface area (Å²) in [5, 5.41) is 0. The van der Waals surface area contributed by atoms with Crippen LogP contribution >= 0.6 is 0 Å². The molecular formula is C18H21FN2O3. The van der Waals surface area contributed by atoms with Crippen molar-refractivity contribution >= 4 is 17.5 Å². The van der Waals surface area contributed by atoms with E-state index < -0.39 is 5.92 Å². The molecule has 3 fully saturated rings. The first kappa shape index (κ1) is 15.6. The van der Waals surface area contributed by atoms with Crippen molar-refractivity contribution in [1.29, 1.82) is 0 Å². The molecule has 1 aromatic rings. The highest BCUT2D eigenvalue weighted by Crippen LogP contribution is 2.33. The molecule has 0 unspecified atom stereocenters. The topological polar surface area (TPSA) is 49.9 Å². The molecule has 0 radical (unpaired) electrons. The number of hydrogen-bond donors (Lipinski definition) is 0. The van der Waals surface area contributed by atoms with Crippen LogP contribution in [-0.4, -0.2) is 48.6 Å². The van der Waals surface area contributed by atoms with Gasteiger partial charge in [-0.3, -0.25) is 9.59 Å². The molecule has 2 aliphatic heterocycles. The molecule has 0 aromatic heterocycles. The zero-order chi connectivity index (χ0) is 16.7. The zero-order valence-corrected chi connectivity index (χ0v) is 13.5. The predicted octanol–water partition coefficient (Wildman–Crippen LogP) is 1.96. The van der Waals surface area contributed by atoms with E-state index in [0.29, 0.717) is 31.8 Å². The molecule has 5 nitrogen and oxygen atoms in total. The fourth-order valence-corrected chi connectivity index (χ4v) is 4.19. The molecule has 0 bridgehead atoms. The molecule has 2 heterocycles. The summed E-state index contributed by atoms with van der Waals surface area (Å²) in [5.74, 6) is -1.19. The lowest BCUT2D eigenvalue weighted by Crippen LogP contribution is -2.53. The average Bonchev–Trinajstić information content (AvgIpc) is 3.21. The van der Waals surface area contributed by atoms with Gasteiger partial charge in [0.05, 0.1) is 18.8 Å². The first-order chi connectivity index (χ1) is 11.6. The van der Waals surface area contributed by atoms with Crippen molar-refractivity contribution in [3.8, 4) is 0 Å². The number of amides is 2. The fraction of sp³-hybridized carbons (Fsp3) is 0.556. The maximum absolute atomic E-state index is 13.1. The Labute approximate surface area is 140 Å². The smallest absolute Gasteiger partial charge is 0.239 e.